The third-order valence-electron chi connectivity index (χ3n) is 4.18. The number of hydrogen-bond acceptors (Lipinski definition) is 4. The smallest absolute Gasteiger partial charge is 0.251 e. The second kappa shape index (κ2) is 6.37. The van der Waals surface area contributed by atoms with Gasteiger partial charge >= 0.3 is 0 Å². The minimum Gasteiger partial charge on any atom is -0.349 e. The summed E-state index contributed by atoms with van der Waals surface area (Å²) in [5.41, 5.74) is 1.56. The van der Waals surface area contributed by atoms with E-state index in [-0.39, 0.29) is 16.8 Å². The molecule has 0 radical (unpaired) electrons. The minimum atomic E-state index is -3.48. The fourth-order valence-corrected chi connectivity index (χ4v) is 3.65. The van der Waals surface area contributed by atoms with Gasteiger partial charge in [0.05, 0.1) is 4.90 Å². The minimum absolute atomic E-state index is 0.0619. The molecule has 0 saturated heterocycles. The van der Waals surface area contributed by atoms with Gasteiger partial charge in [-0.2, -0.15) is 5.10 Å². The first-order valence-electron chi connectivity index (χ1n) is 7.72. The van der Waals surface area contributed by atoms with Crippen LogP contribution in [0.4, 0.5) is 0 Å². The maximum Gasteiger partial charge on any atom is 0.251 e. The van der Waals surface area contributed by atoms with Crippen LogP contribution < -0.4 is 5.32 Å². The first-order chi connectivity index (χ1) is 11.4. The number of rotatable bonds is 4. The summed E-state index contributed by atoms with van der Waals surface area (Å²) < 4.78 is 27.2. The van der Waals surface area contributed by atoms with Crippen molar-refractivity contribution >= 4 is 15.9 Å². The SMILES string of the molecule is CN(C)S(=O)(=O)c1ccc(C(=O)N[C@H]2CCn3nccc3C2)cc1. The van der Waals surface area contributed by atoms with Crippen LogP contribution in [0, 0.1) is 0 Å². The Kier molecular flexibility index (Phi) is 4.42. The van der Waals surface area contributed by atoms with Crippen molar-refractivity contribution in [3.8, 4) is 0 Å². The summed E-state index contributed by atoms with van der Waals surface area (Å²) in [4.78, 5) is 12.5. The number of sulfonamides is 1. The number of aryl methyl sites for hydroxylation is 1. The van der Waals surface area contributed by atoms with Crippen LogP contribution in [-0.4, -0.2) is 48.5 Å². The Hall–Kier alpha value is -2.19. The van der Waals surface area contributed by atoms with Gasteiger partial charge in [0.15, 0.2) is 0 Å². The zero-order valence-corrected chi connectivity index (χ0v) is 14.5. The second-order valence-corrected chi connectivity index (χ2v) is 8.17. The third kappa shape index (κ3) is 3.20. The average molecular weight is 348 g/mol. The Morgan fingerprint density at radius 3 is 2.62 bits per heavy atom. The Morgan fingerprint density at radius 1 is 1.25 bits per heavy atom. The molecular formula is C16H20N4O3S. The van der Waals surface area contributed by atoms with Gasteiger partial charge in [-0.3, -0.25) is 9.48 Å². The molecule has 0 fully saturated rings. The number of nitrogens with zero attached hydrogens (tertiary/aromatic N) is 3. The van der Waals surface area contributed by atoms with E-state index in [4.69, 9.17) is 0 Å². The quantitative estimate of drug-likeness (QED) is 0.889. The van der Waals surface area contributed by atoms with Crippen LogP contribution in [0.2, 0.25) is 0 Å². The summed E-state index contributed by atoms with van der Waals surface area (Å²) in [6, 6.07) is 8.02. The summed E-state index contributed by atoms with van der Waals surface area (Å²) in [6.07, 6.45) is 3.34. The number of carbonyl (C=O) groups excluding carboxylic acids is 1. The zero-order chi connectivity index (χ0) is 17.3. The van der Waals surface area contributed by atoms with Crippen molar-refractivity contribution in [3.05, 3.63) is 47.8 Å². The molecule has 0 aliphatic carbocycles. The first kappa shape index (κ1) is 16.7. The highest BCUT2D eigenvalue weighted by Crippen LogP contribution is 2.16. The van der Waals surface area contributed by atoms with Crippen molar-refractivity contribution in [1.29, 1.82) is 0 Å². The lowest BCUT2D eigenvalue weighted by Gasteiger charge is -2.24. The molecule has 1 aliphatic heterocycles. The summed E-state index contributed by atoms with van der Waals surface area (Å²) >= 11 is 0. The number of hydrogen-bond donors (Lipinski definition) is 1. The van der Waals surface area contributed by atoms with Gasteiger partial charge in [0.25, 0.3) is 5.91 Å². The maximum absolute atomic E-state index is 12.4. The Labute approximate surface area is 141 Å². The van der Waals surface area contributed by atoms with Crippen LogP contribution in [-0.2, 0) is 23.0 Å². The molecule has 3 rings (SSSR count). The monoisotopic (exact) mass is 348 g/mol. The summed E-state index contributed by atoms with van der Waals surface area (Å²) in [7, 11) is -0.530. The highest BCUT2D eigenvalue weighted by molar-refractivity contribution is 7.89. The van der Waals surface area contributed by atoms with Gasteiger partial charge < -0.3 is 5.32 Å². The number of aromatic nitrogens is 2. The summed E-state index contributed by atoms with van der Waals surface area (Å²) in [6.45, 7) is 0.785. The molecule has 1 amide bonds. The molecule has 2 heterocycles. The number of nitrogens with one attached hydrogen (secondary N) is 1. The van der Waals surface area contributed by atoms with Gasteiger partial charge in [0.1, 0.15) is 0 Å². The highest BCUT2D eigenvalue weighted by Gasteiger charge is 2.22. The molecular weight excluding hydrogens is 328 g/mol. The zero-order valence-electron chi connectivity index (χ0n) is 13.6. The van der Waals surface area contributed by atoms with Crippen molar-refractivity contribution in [2.75, 3.05) is 14.1 Å². The number of benzene rings is 1. The molecule has 0 saturated carbocycles. The van der Waals surface area contributed by atoms with Gasteiger partial charge in [-0.25, -0.2) is 12.7 Å². The molecule has 1 atom stereocenters. The largest absolute Gasteiger partial charge is 0.349 e. The topological polar surface area (TPSA) is 84.3 Å². The molecule has 0 unspecified atom stereocenters. The van der Waals surface area contributed by atoms with Crippen molar-refractivity contribution in [2.45, 2.75) is 30.3 Å². The number of fused-ring (bicyclic) bond motifs is 1. The Bertz CT molecular complexity index is 840. The first-order valence-corrected chi connectivity index (χ1v) is 9.16. The molecule has 1 aromatic heterocycles. The molecule has 128 valence electrons. The third-order valence-corrected chi connectivity index (χ3v) is 6.01. The lowest BCUT2D eigenvalue weighted by atomic mass is 10.0. The molecule has 24 heavy (non-hydrogen) atoms. The van der Waals surface area contributed by atoms with Crippen molar-refractivity contribution in [1.82, 2.24) is 19.4 Å². The lowest BCUT2D eigenvalue weighted by molar-refractivity contribution is 0.0930. The van der Waals surface area contributed by atoms with Crippen LogP contribution >= 0.6 is 0 Å². The van der Waals surface area contributed by atoms with E-state index in [2.05, 4.69) is 10.4 Å². The van der Waals surface area contributed by atoms with Gasteiger partial charge in [-0.05, 0) is 36.8 Å². The Morgan fingerprint density at radius 2 is 1.96 bits per heavy atom. The Balaban J connectivity index is 1.68. The van der Waals surface area contributed by atoms with Crippen molar-refractivity contribution in [3.63, 3.8) is 0 Å². The van der Waals surface area contributed by atoms with E-state index in [9.17, 15) is 13.2 Å². The highest BCUT2D eigenvalue weighted by atomic mass is 32.2. The second-order valence-electron chi connectivity index (χ2n) is 6.02. The van der Waals surface area contributed by atoms with Crippen LogP contribution in [0.3, 0.4) is 0 Å². The molecule has 0 spiro atoms. The average Bonchev–Trinajstić information content (AvgIpc) is 3.02. The van der Waals surface area contributed by atoms with Gasteiger partial charge in [0, 0.05) is 50.6 Å². The van der Waals surface area contributed by atoms with Gasteiger partial charge in [0.2, 0.25) is 10.0 Å². The van der Waals surface area contributed by atoms with E-state index in [1.165, 1.54) is 26.2 Å². The fraction of sp³-hybridized carbons (Fsp3) is 0.375. The normalized spacial score (nSPS) is 17.5. The van der Waals surface area contributed by atoms with E-state index in [1.807, 2.05) is 10.7 Å². The van der Waals surface area contributed by atoms with Crippen molar-refractivity contribution < 1.29 is 13.2 Å². The van der Waals surface area contributed by atoms with Gasteiger partial charge in [-0.1, -0.05) is 0 Å². The van der Waals surface area contributed by atoms with Crippen LogP contribution in [0.15, 0.2) is 41.4 Å². The van der Waals surface area contributed by atoms with E-state index in [1.54, 1.807) is 18.3 Å². The predicted molar refractivity (Wildman–Crippen MR) is 89.1 cm³/mol. The lowest BCUT2D eigenvalue weighted by Crippen LogP contribution is -2.40. The molecule has 2 aromatic rings. The molecule has 0 bridgehead atoms. The standard InChI is InChI=1S/C16H20N4O3S/c1-19(2)24(22,23)15-5-3-12(4-6-15)16(21)18-13-8-10-20-14(11-13)7-9-17-20/h3-7,9,13H,8,10-11H2,1-2H3,(H,18,21)/t13-/m0/s1. The molecule has 8 heteroatoms. The van der Waals surface area contributed by atoms with E-state index in [0.29, 0.717) is 5.56 Å². The van der Waals surface area contributed by atoms with Gasteiger partial charge in [-0.15, -0.1) is 0 Å². The fourth-order valence-electron chi connectivity index (χ4n) is 2.75. The van der Waals surface area contributed by atoms with E-state index < -0.39 is 10.0 Å². The van der Waals surface area contributed by atoms with Crippen LogP contribution in [0.1, 0.15) is 22.5 Å². The van der Waals surface area contributed by atoms with Crippen LogP contribution in [0.5, 0.6) is 0 Å². The summed E-state index contributed by atoms with van der Waals surface area (Å²) in [5.74, 6) is -0.193. The van der Waals surface area contributed by atoms with Crippen molar-refractivity contribution in [2.24, 2.45) is 0 Å². The predicted octanol–water partition coefficient (Wildman–Crippen LogP) is 0.878. The molecule has 1 N–H and O–H groups in total. The maximum atomic E-state index is 12.4. The molecule has 1 aromatic carbocycles. The van der Waals surface area contributed by atoms with E-state index >= 15 is 0 Å². The number of amides is 1. The molecule has 1 aliphatic rings. The molecule has 7 nitrogen and oxygen atoms in total. The number of carbonyl (C=O) groups is 1. The summed E-state index contributed by atoms with van der Waals surface area (Å²) in [5, 5.41) is 7.23. The van der Waals surface area contributed by atoms with E-state index in [0.717, 1.165) is 29.4 Å². The van der Waals surface area contributed by atoms with Crippen LogP contribution in [0.25, 0.3) is 0 Å².